The van der Waals surface area contributed by atoms with E-state index in [0.717, 1.165) is 0 Å². The number of hydrogen-bond donors (Lipinski definition) is 31. The van der Waals surface area contributed by atoms with Gasteiger partial charge in [-0.2, -0.15) is 86.2 Å². The van der Waals surface area contributed by atoms with Crippen molar-refractivity contribution in [2.24, 2.45) is 0 Å². The molecule has 31 N–H and O–H groups in total. The van der Waals surface area contributed by atoms with Gasteiger partial charge in [0.05, 0.1) is 0 Å². The lowest BCUT2D eigenvalue weighted by Gasteiger charge is -2.47. The minimum absolute atomic E-state index is 2.97. The van der Waals surface area contributed by atoms with Gasteiger partial charge in [-0.3, -0.25) is 22.6 Å². The molecule has 672 valence electrons. The fourth-order valence-electron chi connectivity index (χ4n) is 5.46. The lowest BCUT2D eigenvalue weighted by molar-refractivity contribution is -0.204. The van der Waals surface area contributed by atoms with Gasteiger partial charge in [-0.05, 0) is 0 Å². The summed E-state index contributed by atoms with van der Waals surface area (Å²) in [6.45, 7) is 0. The average molecular weight is 2180 g/mol. The van der Waals surface area contributed by atoms with E-state index in [1.807, 2.05) is 0 Å². The van der Waals surface area contributed by atoms with Gasteiger partial charge in [0.1, 0.15) is 36.6 Å². The molecule has 112 heavy (non-hydrogen) atoms. The smallest absolute Gasteiger partial charge is 0.387 e. The monoisotopic (exact) mass is 2180 g/mol. The lowest BCUT2D eigenvalue weighted by Crippen LogP contribution is -2.66. The van der Waals surface area contributed by atoms with E-state index >= 15 is 0 Å². The highest BCUT2D eigenvalue weighted by Crippen LogP contribution is 2.81. The van der Waals surface area contributed by atoms with Crippen LogP contribution in [0.1, 0.15) is 0 Å². The Morgan fingerprint density at radius 2 is 0.205 bits per heavy atom. The summed E-state index contributed by atoms with van der Waals surface area (Å²) in [5.74, 6) is 0. The van der Waals surface area contributed by atoms with E-state index < -0.39 is 232 Å². The van der Waals surface area contributed by atoms with Crippen LogP contribution in [0.15, 0.2) is 0 Å². The zero-order valence-electron chi connectivity index (χ0n) is 48.9. The first-order valence-electron chi connectivity index (χ1n) is 22.2. The van der Waals surface area contributed by atoms with Crippen LogP contribution in [-0.4, -0.2) is 189 Å². The minimum atomic E-state index is -8.36. The van der Waals surface area contributed by atoms with Gasteiger partial charge in [-0.15, -0.1) is 0 Å². The van der Waals surface area contributed by atoms with Crippen molar-refractivity contribution in [1.82, 2.24) is 0 Å². The predicted octanol–water partition coefficient (Wildman–Crippen LogP) is -0.910. The molecule has 81 nitrogen and oxygen atoms in total. The second-order valence-electron chi connectivity index (χ2n) is 16.8. The maximum atomic E-state index is 13.9. The van der Waals surface area contributed by atoms with Crippen LogP contribution < -0.4 is 0 Å². The van der Waals surface area contributed by atoms with Crippen molar-refractivity contribution in [3.63, 3.8) is 0 Å². The SMILES string of the molecule is O=P(O)(O)OP(=O)(O)OP(=O)(O)OP(=O)(O)OP(=O)(O)OC1C(O)C(OP(=O)(O)OP(=O)(O)OP(=O)(O)OP(=O)(O)OP(=O)(O)O)C(OP(=O)(O)OP(=O)(O)OP(=O)(O)OP(=O)(O)OP(=O)(O)O)C(OP(=O)(O)OP(=O)(O)OP(=O)(O)OP(=O)(O)OP(=O)(O)O)C1OP(=O)(O)OP(=O)(O)OP(=O)(O)OP(=O)(O)OP(=O)(O)O. The molecule has 0 aromatic heterocycles. The highest BCUT2D eigenvalue weighted by molar-refractivity contribution is 7.75. The molecule has 1 aliphatic carbocycles. The molecule has 0 amide bonds. The predicted molar refractivity (Wildman–Crippen MR) is 309 cm³/mol. The van der Waals surface area contributed by atoms with Crippen molar-refractivity contribution in [3.8, 4) is 0 Å². The van der Waals surface area contributed by atoms with Gasteiger partial charge in [-0.25, -0.2) is 114 Å². The van der Waals surface area contributed by atoms with Crippen LogP contribution >= 0.6 is 196 Å². The summed E-state index contributed by atoms with van der Waals surface area (Å²) in [5.41, 5.74) is 0. The van der Waals surface area contributed by atoms with Crippen LogP contribution in [0, 0.1) is 0 Å². The number of aliphatic hydroxyl groups is 1. The Balaban J connectivity index is 5.13. The van der Waals surface area contributed by atoms with Gasteiger partial charge in [0, 0.05) is 0 Å². The minimum Gasteiger partial charge on any atom is -0.387 e. The van der Waals surface area contributed by atoms with Gasteiger partial charge < -0.3 is 152 Å². The molecule has 1 fully saturated rings. The first kappa shape index (κ1) is 114. The van der Waals surface area contributed by atoms with Gasteiger partial charge >= 0.3 is 196 Å². The molecule has 0 aromatic rings. The summed E-state index contributed by atoms with van der Waals surface area (Å²) in [7, 11) is -186. The lowest BCUT2D eigenvalue weighted by atomic mass is 9.85. The molecule has 0 bridgehead atoms. The third kappa shape index (κ3) is 48.3. The van der Waals surface area contributed by atoms with Crippen molar-refractivity contribution in [1.29, 1.82) is 0 Å². The van der Waals surface area contributed by atoms with Gasteiger partial charge in [0.2, 0.25) is 0 Å². The summed E-state index contributed by atoms with van der Waals surface area (Å²) < 4.78 is 394. The van der Waals surface area contributed by atoms with Crippen LogP contribution in [0.2, 0.25) is 0 Å². The summed E-state index contributed by atoms with van der Waals surface area (Å²) >= 11 is 0. The number of phosphoric acid groups is 25. The number of rotatable bonds is 50. The van der Waals surface area contributed by atoms with Crippen LogP contribution in [-0.2, 0) is 223 Å². The van der Waals surface area contributed by atoms with Crippen molar-refractivity contribution >= 4 is 196 Å². The summed E-state index contributed by atoms with van der Waals surface area (Å²) in [6, 6.07) is 0. The Hall–Kier alpha value is 3.51. The van der Waals surface area contributed by atoms with E-state index in [1.54, 1.807) is 0 Å². The van der Waals surface area contributed by atoms with Crippen LogP contribution in [0.4, 0.5) is 0 Å². The molecule has 0 radical (unpaired) electrons. The Morgan fingerprint density at radius 1 is 0.125 bits per heavy atom. The average Bonchev–Trinajstić information content (AvgIpc) is 0.739. The fourth-order valence-corrected chi connectivity index (χ4v) is 35.8. The zero-order valence-corrected chi connectivity index (χ0v) is 71.3. The quantitative estimate of drug-likeness (QED) is 0.0328. The fraction of sp³-hybridized carbons (Fsp3) is 1.00. The normalized spacial score (nSPS) is 29.0. The molecule has 0 aromatic carbocycles. The van der Waals surface area contributed by atoms with E-state index in [-0.39, 0.29) is 0 Å². The maximum Gasteiger partial charge on any atom is 0.490 e. The highest BCUT2D eigenvalue weighted by Gasteiger charge is 2.65. The van der Waals surface area contributed by atoms with E-state index in [0.29, 0.717) is 0 Å². The summed E-state index contributed by atoms with van der Waals surface area (Å²) in [5, 5.41) is 11.8. The van der Waals surface area contributed by atoms with E-state index in [1.165, 1.54) is 0 Å². The first-order chi connectivity index (χ1) is 48.0. The molecule has 0 saturated heterocycles. The largest absolute Gasteiger partial charge is 0.490 e. The molecular weight excluding hydrogens is 2140 g/mol. The second-order valence-corrected chi connectivity index (χ2v) is 54.6. The number of phosphoric ester groups is 5. The van der Waals surface area contributed by atoms with Gasteiger partial charge in [0.25, 0.3) is 0 Å². The van der Waals surface area contributed by atoms with Crippen LogP contribution in [0.25, 0.3) is 0 Å². The maximum absolute atomic E-state index is 13.9. The van der Waals surface area contributed by atoms with Crippen molar-refractivity contribution < 1.29 is 375 Å². The van der Waals surface area contributed by atoms with Crippen molar-refractivity contribution in [2.45, 2.75) is 36.6 Å². The molecular formula is C6H37O81P25. The molecule has 106 heteroatoms. The highest BCUT2D eigenvalue weighted by atomic mass is 31.3. The third-order valence-corrected chi connectivity index (χ3v) is 43.1. The van der Waals surface area contributed by atoms with Crippen molar-refractivity contribution in [3.05, 3.63) is 0 Å². The van der Waals surface area contributed by atoms with Crippen molar-refractivity contribution in [2.75, 3.05) is 0 Å². The van der Waals surface area contributed by atoms with E-state index in [2.05, 4.69) is 109 Å². The zero-order chi connectivity index (χ0) is 89.6. The second kappa shape index (κ2) is 38.2. The van der Waals surface area contributed by atoms with Gasteiger partial charge in [0.15, 0.2) is 0 Å². The molecule has 0 aliphatic heterocycles. The molecule has 24 unspecified atom stereocenters. The molecule has 0 spiro atoms. The summed E-state index contributed by atoms with van der Waals surface area (Å²) in [4.78, 5) is 288. The molecule has 1 saturated carbocycles. The summed E-state index contributed by atoms with van der Waals surface area (Å²) in [6.07, 6.45) is -30.4. The Labute approximate surface area is 605 Å². The molecule has 1 rings (SSSR count). The first-order valence-corrected chi connectivity index (χ1v) is 59.8. The van der Waals surface area contributed by atoms with E-state index in [4.69, 9.17) is 48.9 Å². The van der Waals surface area contributed by atoms with Crippen LogP contribution in [0.3, 0.4) is 0 Å². The number of aliphatic hydroxyl groups excluding tert-OH is 1. The van der Waals surface area contributed by atoms with E-state index in [9.17, 15) is 217 Å². The number of hydrogen-bond acceptors (Lipinski definition) is 51. The molecule has 24 atom stereocenters. The molecule has 1 aliphatic rings. The third-order valence-electron chi connectivity index (χ3n) is 7.39. The molecule has 0 heterocycles. The van der Waals surface area contributed by atoms with Crippen LogP contribution in [0.5, 0.6) is 0 Å². The van der Waals surface area contributed by atoms with Gasteiger partial charge in [-0.1, -0.05) is 0 Å². The Kier molecular flexibility index (Phi) is 38.7. The topological polar surface area (TPSA) is 1280 Å². The Morgan fingerprint density at radius 3 is 0.312 bits per heavy atom. The standard InChI is InChI=1S/C6H37O81P25/c7-1-2(63-93(23,24)73-103(43,44)83-108(53,54)78-98(33,34)68-88(8,9)10)4(65-95(27,28)75-105(47,48)85-110(57,58)80-100(37,38)70-90(14,15)16)6(67-97(31,32)77-107(51,52)87-112(61,62)82-102(41,42)72-92(20,21)22)5(66-96(29,30)76-106(49,50)86-111(59,60)81-101(39,40)71-91(17,18)19)3(1)64-94(25,26)74-104(45,46)84-109(55,56)79-99(35,36)69-89(11,12)13/h1-7H,(H,23,24)(H,25,26)(H,27,28)(H,29,30)(H,31,32)(H,33,34)(H,35,36)(H,37,38)(H,39,40)(H,41,42)(H,43,44)(H,45,46)(H,47,48)(H,49,50)(H,51,52)(H,53,54)(H,55,56)(H,57,58)(H,59,60)(H,61,62)(H2,8,9,10)(H2,11,12,13)(H2,14,15,16)(H2,17,18,19)(H2,20,21,22). The Bertz CT molecular complexity index is 4500.